The molecule has 0 spiro atoms. The maximum Gasteiger partial charge on any atom is 0.417 e. The van der Waals surface area contributed by atoms with Crippen molar-refractivity contribution in [1.29, 1.82) is 5.26 Å². The van der Waals surface area contributed by atoms with E-state index in [2.05, 4.69) is 15.0 Å². The van der Waals surface area contributed by atoms with Crippen LogP contribution in [0.3, 0.4) is 0 Å². The topological polar surface area (TPSA) is 70.6 Å². The van der Waals surface area contributed by atoms with E-state index in [0.29, 0.717) is 31.0 Å². The average molecular weight is 430 g/mol. The van der Waals surface area contributed by atoms with Crippen LogP contribution in [-0.4, -0.2) is 26.1 Å². The molecule has 0 amide bonds. The molecule has 0 saturated carbocycles. The summed E-state index contributed by atoms with van der Waals surface area (Å²) in [6.45, 7) is 3.44. The Labute approximate surface area is 175 Å². The van der Waals surface area contributed by atoms with Crippen molar-refractivity contribution >= 4 is 5.82 Å². The molecule has 0 aromatic carbocycles. The molecule has 0 radical (unpaired) electrons. The molecule has 0 N–H and O–H groups in total. The Bertz CT molecular complexity index is 1180. The van der Waals surface area contributed by atoms with Crippen LogP contribution in [-0.2, 0) is 6.18 Å². The van der Waals surface area contributed by atoms with Gasteiger partial charge in [-0.05, 0) is 44.9 Å². The first kappa shape index (κ1) is 20.8. The number of alkyl halides is 3. The van der Waals surface area contributed by atoms with Gasteiger partial charge in [0.2, 0.25) is 0 Å². The lowest BCUT2D eigenvalue weighted by molar-refractivity contribution is -0.137. The lowest BCUT2D eigenvalue weighted by atomic mass is 10.1. The van der Waals surface area contributed by atoms with Crippen LogP contribution in [0.15, 0.2) is 30.6 Å². The first-order chi connectivity index (χ1) is 14.7. The van der Waals surface area contributed by atoms with Crippen molar-refractivity contribution in [3.05, 3.63) is 64.7 Å². The quantitative estimate of drug-likeness (QED) is 0.566. The first-order valence-electron chi connectivity index (χ1n) is 9.63. The van der Waals surface area contributed by atoms with E-state index < -0.39 is 29.2 Å². The number of imidazole rings is 1. The molecule has 3 aromatic heterocycles. The molecule has 1 aliphatic heterocycles. The predicted molar refractivity (Wildman–Crippen MR) is 104 cm³/mol. The van der Waals surface area contributed by atoms with E-state index in [-0.39, 0.29) is 17.2 Å². The summed E-state index contributed by atoms with van der Waals surface area (Å²) in [5, 5.41) is 9.54. The molecule has 10 heteroatoms. The van der Waals surface area contributed by atoms with Gasteiger partial charge in [0.15, 0.2) is 0 Å². The number of rotatable bonds is 3. The van der Waals surface area contributed by atoms with Gasteiger partial charge < -0.3 is 4.90 Å². The highest BCUT2D eigenvalue weighted by molar-refractivity contribution is 5.60. The second-order valence-corrected chi connectivity index (χ2v) is 7.36. The van der Waals surface area contributed by atoms with Crippen molar-refractivity contribution in [2.24, 2.45) is 0 Å². The van der Waals surface area contributed by atoms with Gasteiger partial charge in [-0.3, -0.25) is 4.57 Å². The third-order valence-electron chi connectivity index (χ3n) is 5.29. The van der Waals surface area contributed by atoms with E-state index in [4.69, 9.17) is 0 Å². The van der Waals surface area contributed by atoms with Gasteiger partial charge in [0.05, 0.1) is 17.3 Å². The predicted octanol–water partition coefficient (Wildman–Crippen LogP) is 4.65. The van der Waals surface area contributed by atoms with Gasteiger partial charge in [-0.2, -0.15) is 18.4 Å². The van der Waals surface area contributed by atoms with Crippen LogP contribution in [0, 0.1) is 31.0 Å². The van der Waals surface area contributed by atoms with Crippen LogP contribution in [0.5, 0.6) is 0 Å². The van der Waals surface area contributed by atoms with Crippen LogP contribution in [0.4, 0.5) is 23.4 Å². The van der Waals surface area contributed by atoms with Gasteiger partial charge in [0.25, 0.3) is 0 Å². The third kappa shape index (κ3) is 3.71. The van der Waals surface area contributed by atoms with Crippen LogP contribution < -0.4 is 4.90 Å². The number of nitriles is 1. The molecule has 31 heavy (non-hydrogen) atoms. The average Bonchev–Trinajstić information content (AvgIpc) is 3.37. The van der Waals surface area contributed by atoms with E-state index in [9.17, 15) is 22.8 Å². The van der Waals surface area contributed by atoms with Gasteiger partial charge in [-0.25, -0.2) is 19.3 Å². The Morgan fingerprint density at radius 1 is 1.19 bits per heavy atom. The van der Waals surface area contributed by atoms with Crippen molar-refractivity contribution < 1.29 is 17.6 Å². The van der Waals surface area contributed by atoms with Crippen LogP contribution in [0.2, 0.25) is 0 Å². The van der Waals surface area contributed by atoms with E-state index in [1.165, 1.54) is 19.1 Å². The fraction of sp³-hybridized carbons (Fsp3) is 0.333. The lowest BCUT2D eigenvalue weighted by Crippen LogP contribution is -2.28. The van der Waals surface area contributed by atoms with E-state index >= 15 is 0 Å². The zero-order valence-corrected chi connectivity index (χ0v) is 16.8. The van der Waals surface area contributed by atoms with Gasteiger partial charge in [0, 0.05) is 24.6 Å². The number of aryl methyl sites for hydroxylation is 2. The summed E-state index contributed by atoms with van der Waals surface area (Å²) >= 11 is 0. The number of nitrogens with zero attached hydrogens (tertiary/aromatic N) is 6. The largest absolute Gasteiger partial charge is 0.417 e. The molecule has 4 rings (SSSR count). The fourth-order valence-corrected chi connectivity index (χ4v) is 3.91. The molecule has 1 fully saturated rings. The summed E-state index contributed by atoms with van der Waals surface area (Å²) in [6.07, 6.45) is -0.144. The number of anilines is 1. The molecule has 0 aliphatic carbocycles. The number of hydrogen-bond acceptors (Lipinski definition) is 5. The second kappa shape index (κ2) is 7.65. The zero-order valence-electron chi connectivity index (χ0n) is 16.8. The SMILES string of the molecule is Cc1cc(C(F)(F)F)c(C#N)c(N2CCCC2c2nccn2-c2ccc(F)c(C)n2)n1. The van der Waals surface area contributed by atoms with Crippen molar-refractivity contribution in [3.63, 3.8) is 0 Å². The third-order valence-corrected chi connectivity index (χ3v) is 5.29. The van der Waals surface area contributed by atoms with E-state index in [0.717, 1.165) is 6.07 Å². The Kier molecular flexibility index (Phi) is 5.13. The summed E-state index contributed by atoms with van der Waals surface area (Å²) in [5.41, 5.74) is -1.10. The Hall–Kier alpha value is -3.48. The normalized spacial score (nSPS) is 16.5. The monoisotopic (exact) mass is 430 g/mol. The molecule has 3 aromatic rings. The molecule has 1 aliphatic rings. The highest BCUT2D eigenvalue weighted by atomic mass is 19.4. The number of halogens is 4. The first-order valence-corrected chi connectivity index (χ1v) is 9.63. The fourth-order valence-electron chi connectivity index (χ4n) is 3.91. The van der Waals surface area contributed by atoms with Gasteiger partial charge >= 0.3 is 6.18 Å². The van der Waals surface area contributed by atoms with Crippen molar-refractivity contribution in [2.75, 3.05) is 11.4 Å². The zero-order chi connectivity index (χ0) is 22.3. The molecule has 1 saturated heterocycles. The minimum absolute atomic E-state index is 0.00452. The molecule has 6 nitrogen and oxygen atoms in total. The number of pyridine rings is 2. The van der Waals surface area contributed by atoms with Crippen molar-refractivity contribution in [2.45, 2.75) is 38.9 Å². The maximum absolute atomic E-state index is 13.7. The maximum atomic E-state index is 13.7. The summed E-state index contributed by atoms with van der Waals surface area (Å²) in [7, 11) is 0. The summed E-state index contributed by atoms with van der Waals surface area (Å²) < 4.78 is 56.0. The molecule has 1 atom stereocenters. The number of hydrogen-bond donors (Lipinski definition) is 0. The van der Waals surface area contributed by atoms with Gasteiger partial charge in [0.1, 0.15) is 34.9 Å². The summed E-state index contributed by atoms with van der Waals surface area (Å²) in [4.78, 5) is 14.6. The van der Waals surface area contributed by atoms with Crippen molar-refractivity contribution in [3.8, 4) is 11.9 Å². The van der Waals surface area contributed by atoms with Gasteiger partial charge in [-0.15, -0.1) is 0 Å². The van der Waals surface area contributed by atoms with Gasteiger partial charge in [-0.1, -0.05) is 0 Å². The van der Waals surface area contributed by atoms with Crippen LogP contribution in [0.25, 0.3) is 5.82 Å². The minimum Gasteiger partial charge on any atom is -0.345 e. The Morgan fingerprint density at radius 3 is 2.65 bits per heavy atom. The smallest absolute Gasteiger partial charge is 0.345 e. The molecular weight excluding hydrogens is 412 g/mol. The minimum atomic E-state index is -4.67. The second-order valence-electron chi connectivity index (χ2n) is 7.36. The summed E-state index contributed by atoms with van der Waals surface area (Å²) in [5.74, 6) is 0.550. The Morgan fingerprint density at radius 2 is 1.97 bits per heavy atom. The molecule has 160 valence electrons. The van der Waals surface area contributed by atoms with Crippen LogP contribution >= 0.6 is 0 Å². The molecule has 4 heterocycles. The van der Waals surface area contributed by atoms with Crippen molar-refractivity contribution in [1.82, 2.24) is 19.5 Å². The Balaban J connectivity index is 1.81. The molecule has 0 bridgehead atoms. The van der Waals surface area contributed by atoms with E-state index in [1.54, 1.807) is 34.9 Å². The standard InChI is InChI=1S/C21H18F4N6/c1-12-10-15(21(23,24)25)14(11-26)19(28-12)30-8-3-4-17(30)20-27-7-9-31(20)18-6-5-16(22)13(2)29-18/h5-7,9-10,17H,3-4,8H2,1-2H3. The summed E-state index contributed by atoms with van der Waals surface area (Å²) in [6, 6.07) is 4.99. The highest BCUT2D eigenvalue weighted by Gasteiger charge is 2.39. The molecule has 1 unspecified atom stereocenters. The highest BCUT2D eigenvalue weighted by Crippen LogP contribution is 2.41. The lowest BCUT2D eigenvalue weighted by Gasteiger charge is -2.28. The van der Waals surface area contributed by atoms with E-state index in [1.807, 2.05) is 0 Å². The van der Waals surface area contributed by atoms with Crippen LogP contribution in [0.1, 0.15) is 47.2 Å². The number of aromatic nitrogens is 4. The molecular formula is C21H18F4N6.